The molecule has 7 nitrogen and oxygen atoms in total. The summed E-state index contributed by atoms with van der Waals surface area (Å²) in [5.41, 5.74) is 2.26. The van der Waals surface area contributed by atoms with E-state index in [9.17, 15) is 14.4 Å². The molecule has 36 heavy (non-hydrogen) atoms. The van der Waals surface area contributed by atoms with Gasteiger partial charge in [0.05, 0.1) is 26.7 Å². The predicted octanol–water partition coefficient (Wildman–Crippen LogP) is 5.63. The van der Waals surface area contributed by atoms with Crippen molar-refractivity contribution in [3.8, 4) is 17.2 Å². The van der Waals surface area contributed by atoms with Gasteiger partial charge < -0.3 is 18.9 Å². The third kappa shape index (κ3) is 5.45. The quantitative estimate of drug-likeness (QED) is 0.405. The minimum atomic E-state index is -0.513. The fourth-order valence-electron chi connectivity index (χ4n) is 4.93. The second-order valence-corrected chi connectivity index (χ2v) is 9.20. The average molecular weight is 493 g/mol. The van der Waals surface area contributed by atoms with E-state index in [0.29, 0.717) is 66.0 Å². The van der Waals surface area contributed by atoms with E-state index >= 15 is 0 Å². The van der Waals surface area contributed by atoms with Gasteiger partial charge in [-0.1, -0.05) is 30.4 Å². The largest absolute Gasteiger partial charge is 0.496 e. The number of Topliss-reactive ketones (excluding diaryl/α,β-unsaturated/α-hetero) is 1. The highest BCUT2D eigenvalue weighted by Gasteiger charge is 2.37. The van der Waals surface area contributed by atoms with E-state index in [1.165, 1.54) is 7.11 Å². The Hall–Kier alpha value is -3.61. The number of rotatable bonds is 3. The van der Waals surface area contributed by atoms with E-state index in [2.05, 4.69) is 0 Å². The number of carbonyl (C=O) groups is 3. The van der Waals surface area contributed by atoms with E-state index < -0.39 is 11.9 Å². The summed E-state index contributed by atoms with van der Waals surface area (Å²) in [5, 5.41) is 0. The first-order valence-electron chi connectivity index (χ1n) is 12.4. The maximum atomic E-state index is 13.5. The van der Waals surface area contributed by atoms with Crippen molar-refractivity contribution in [1.29, 1.82) is 0 Å². The van der Waals surface area contributed by atoms with Crippen molar-refractivity contribution in [2.24, 2.45) is 0 Å². The molecule has 0 aliphatic carbocycles. The molecule has 0 radical (unpaired) electrons. The van der Waals surface area contributed by atoms with E-state index in [1.807, 2.05) is 37.3 Å². The molecule has 4 rings (SSSR count). The van der Waals surface area contributed by atoms with Gasteiger partial charge in [-0.15, -0.1) is 0 Å². The third-order valence-corrected chi connectivity index (χ3v) is 6.68. The lowest BCUT2D eigenvalue weighted by atomic mass is 9.83. The van der Waals surface area contributed by atoms with Crippen molar-refractivity contribution in [2.45, 2.75) is 63.9 Å². The summed E-state index contributed by atoms with van der Waals surface area (Å²) in [6.07, 6.45) is 7.13. The van der Waals surface area contributed by atoms with Gasteiger partial charge >= 0.3 is 11.9 Å². The van der Waals surface area contributed by atoms with E-state index in [4.69, 9.17) is 18.9 Å². The Labute approximate surface area is 211 Å². The molecule has 2 heterocycles. The highest BCUT2D eigenvalue weighted by atomic mass is 16.5. The maximum Gasteiger partial charge on any atom is 0.342 e. The van der Waals surface area contributed by atoms with Gasteiger partial charge in [0.2, 0.25) is 0 Å². The molecule has 0 aromatic heterocycles. The Balaban J connectivity index is 1.87. The summed E-state index contributed by atoms with van der Waals surface area (Å²) in [4.78, 5) is 38.2. The van der Waals surface area contributed by atoms with Crippen LogP contribution in [0.2, 0.25) is 0 Å². The number of cyclic esters (lactones) is 1. The maximum absolute atomic E-state index is 13.5. The number of fused-ring (bicyclic) bond motifs is 2. The van der Waals surface area contributed by atoms with Crippen LogP contribution in [0.3, 0.4) is 0 Å². The molecule has 0 amide bonds. The SMILES string of the molecule is COc1ccccc1[C@H]1CC(=O)Oc2cc3c(c(OC)c21)C(=O)O[C@H](C)CCCC(=O)CCCC=C3. The summed E-state index contributed by atoms with van der Waals surface area (Å²) < 4.78 is 22.9. The number of methoxy groups -OCH3 is 2. The number of ketones is 1. The molecule has 7 heteroatoms. The van der Waals surface area contributed by atoms with Crippen LogP contribution in [-0.4, -0.2) is 38.0 Å². The molecular formula is C29H32O7. The summed E-state index contributed by atoms with van der Waals surface area (Å²) in [5.74, 6) is 0.224. The monoisotopic (exact) mass is 492 g/mol. The lowest BCUT2D eigenvalue weighted by Gasteiger charge is -2.29. The van der Waals surface area contributed by atoms with Crippen molar-refractivity contribution in [2.75, 3.05) is 14.2 Å². The Morgan fingerprint density at radius 3 is 2.56 bits per heavy atom. The van der Waals surface area contributed by atoms with Gasteiger partial charge in [-0.3, -0.25) is 9.59 Å². The number of carbonyl (C=O) groups excluding carboxylic acids is 3. The molecular weight excluding hydrogens is 460 g/mol. The van der Waals surface area contributed by atoms with Crippen LogP contribution in [0.4, 0.5) is 0 Å². The second kappa shape index (κ2) is 11.4. The number of allylic oxidation sites excluding steroid dienone is 1. The molecule has 0 saturated carbocycles. The molecule has 0 bridgehead atoms. The summed E-state index contributed by atoms with van der Waals surface area (Å²) in [6, 6.07) is 9.18. The number of ether oxygens (including phenoxy) is 4. The van der Waals surface area contributed by atoms with Gasteiger partial charge in [0.15, 0.2) is 0 Å². The van der Waals surface area contributed by atoms with Crippen molar-refractivity contribution < 1.29 is 33.3 Å². The fraction of sp³-hybridized carbons (Fsp3) is 0.414. The van der Waals surface area contributed by atoms with Crippen molar-refractivity contribution in [1.82, 2.24) is 0 Å². The van der Waals surface area contributed by atoms with E-state index in [0.717, 1.165) is 12.0 Å². The minimum absolute atomic E-state index is 0.0812. The van der Waals surface area contributed by atoms with Crippen LogP contribution in [0.15, 0.2) is 36.4 Å². The summed E-state index contributed by atoms with van der Waals surface area (Å²) >= 11 is 0. The highest BCUT2D eigenvalue weighted by molar-refractivity contribution is 5.99. The Bertz CT molecular complexity index is 1180. The normalized spacial score (nSPS) is 20.9. The number of hydrogen-bond acceptors (Lipinski definition) is 7. The molecule has 2 atom stereocenters. The van der Waals surface area contributed by atoms with Crippen LogP contribution in [0, 0.1) is 0 Å². The van der Waals surface area contributed by atoms with Crippen LogP contribution in [0.25, 0.3) is 6.08 Å². The zero-order valence-corrected chi connectivity index (χ0v) is 21.0. The Morgan fingerprint density at radius 1 is 1.00 bits per heavy atom. The van der Waals surface area contributed by atoms with Gasteiger partial charge in [-0.05, 0) is 50.3 Å². The third-order valence-electron chi connectivity index (χ3n) is 6.68. The summed E-state index contributed by atoms with van der Waals surface area (Å²) in [7, 11) is 3.08. The van der Waals surface area contributed by atoms with E-state index in [1.54, 1.807) is 19.3 Å². The van der Waals surface area contributed by atoms with Crippen LogP contribution >= 0.6 is 0 Å². The lowest BCUT2D eigenvalue weighted by Crippen LogP contribution is -2.24. The molecule has 0 saturated heterocycles. The number of para-hydroxylation sites is 1. The van der Waals surface area contributed by atoms with E-state index in [-0.39, 0.29) is 24.3 Å². The Kier molecular flexibility index (Phi) is 8.08. The highest BCUT2D eigenvalue weighted by Crippen LogP contribution is 2.49. The van der Waals surface area contributed by atoms with Crippen molar-refractivity contribution in [3.05, 3.63) is 58.7 Å². The van der Waals surface area contributed by atoms with Crippen LogP contribution in [0.1, 0.15) is 84.8 Å². The number of benzene rings is 2. The smallest absolute Gasteiger partial charge is 0.342 e. The van der Waals surface area contributed by atoms with Crippen molar-refractivity contribution >= 4 is 23.8 Å². The van der Waals surface area contributed by atoms with Crippen LogP contribution < -0.4 is 14.2 Å². The molecule has 0 fully saturated rings. The standard InChI is InChI=1S/C29H32O7/c1-18-10-9-13-20(30)12-6-4-5-11-19-16-24-27(28(34-3)26(19)29(32)35-18)22(17-25(31)36-24)21-14-7-8-15-23(21)33-2/h5,7-8,11,14-16,18,22H,4,6,9-10,12-13,17H2,1-3H3/t18-,22-/m1/s1. The van der Waals surface area contributed by atoms with Gasteiger partial charge in [-0.25, -0.2) is 4.79 Å². The molecule has 0 N–H and O–H groups in total. The first-order chi connectivity index (χ1) is 17.4. The molecule has 2 aliphatic rings. The zero-order chi connectivity index (χ0) is 25.7. The molecule has 2 aromatic carbocycles. The van der Waals surface area contributed by atoms with Gasteiger partial charge in [0.1, 0.15) is 28.6 Å². The lowest BCUT2D eigenvalue weighted by molar-refractivity contribution is -0.135. The topological polar surface area (TPSA) is 88.1 Å². The Morgan fingerprint density at radius 2 is 1.78 bits per heavy atom. The van der Waals surface area contributed by atoms with Gasteiger partial charge in [0, 0.05) is 29.9 Å². The number of hydrogen-bond donors (Lipinski definition) is 0. The molecule has 0 unspecified atom stereocenters. The van der Waals surface area contributed by atoms with Gasteiger partial charge in [-0.2, -0.15) is 0 Å². The minimum Gasteiger partial charge on any atom is -0.496 e. The summed E-state index contributed by atoms with van der Waals surface area (Å²) in [6.45, 7) is 1.83. The molecule has 2 aromatic rings. The first-order valence-corrected chi connectivity index (χ1v) is 12.4. The predicted molar refractivity (Wildman–Crippen MR) is 135 cm³/mol. The second-order valence-electron chi connectivity index (χ2n) is 9.20. The van der Waals surface area contributed by atoms with Crippen LogP contribution in [-0.2, 0) is 14.3 Å². The molecule has 190 valence electrons. The first kappa shape index (κ1) is 25.5. The zero-order valence-electron chi connectivity index (χ0n) is 21.0. The van der Waals surface area contributed by atoms with Crippen LogP contribution in [0.5, 0.6) is 17.2 Å². The molecule has 2 aliphatic heterocycles. The van der Waals surface area contributed by atoms with Gasteiger partial charge in [0.25, 0.3) is 0 Å². The molecule has 0 spiro atoms. The van der Waals surface area contributed by atoms with Crippen molar-refractivity contribution in [3.63, 3.8) is 0 Å². The fourth-order valence-corrected chi connectivity index (χ4v) is 4.93. The number of esters is 2. The average Bonchev–Trinajstić information content (AvgIpc) is 2.86.